The lowest BCUT2D eigenvalue weighted by Crippen LogP contribution is -2.32. The van der Waals surface area contributed by atoms with Crippen LogP contribution in [-0.2, 0) is 25.7 Å². The maximum absolute atomic E-state index is 10.4. The van der Waals surface area contributed by atoms with Crippen LogP contribution in [0.4, 0.5) is 5.69 Å². The standard InChI is InChI=1S/C29H28N2O/c1-32-21-11-14-23-20(17-21)10-13-25-28(23)27-22-8-4-3-7-19(22)9-12-24(27)26(18-30)29(25)31-15-5-2-6-16-31/h3-4,7-8,11,14,17H,2,5-6,9-10,12-13,15-16H2,1H3. The number of aryl methyl sites for hydroxylation is 2. The number of anilines is 1. The van der Waals surface area contributed by atoms with Crippen LogP contribution in [0, 0.1) is 11.3 Å². The van der Waals surface area contributed by atoms with Crippen molar-refractivity contribution in [2.45, 2.75) is 44.9 Å². The summed E-state index contributed by atoms with van der Waals surface area (Å²) in [6.07, 6.45) is 7.64. The van der Waals surface area contributed by atoms with Crippen molar-refractivity contribution < 1.29 is 4.74 Å². The maximum Gasteiger partial charge on any atom is 0.119 e. The van der Waals surface area contributed by atoms with E-state index in [1.165, 1.54) is 69.5 Å². The molecule has 1 aliphatic heterocycles. The van der Waals surface area contributed by atoms with Crippen LogP contribution in [-0.4, -0.2) is 20.2 Å². The molecule has 3 aromatic carbocycles. The zero-order valence-corrected chi connectivity index (χ0v) is 18.7. The average Bonchev–Trinajstić information content (AvgIpc) is 2.87. The Balaban J connectivity index is 1.71. The summed E-state index contributed by atoms with van der Waals surface area (Å²) in [5, 5.41) is 10.4. The fraction of sp³-hybridized carbons (Fsp3) is 0.345. The lowest BCUT2D eigenvalue weighted by Gasteiger charge is -2.37. The Hall–Kier alpha value is -3.25. The van der Waals surface area contributed by atoms with E-state index in [9.17, 15) is 5.26 Å². The van der Waals surface area contributed by atoms with Crippen molar-refractivity contribution in [3.8, 4) is 34.1 Å². The zero-order valence-electron chi connectivity index (χ0n) is 18.7. The lowest BCUT2D eigenvalue weighted by atomic mass is 9.73. The van der Waals surface area contributed by atoms with E-state index in [0.717, 1.165) is 50.1 Å². The summed E-state index contributed by atoms with van der Waals surface area (Å²) in [6, 6.07) is 18.0. The van der Waals surface area contributed by atoms with Crippen molar-refractivity contribution in [3.63, 3.8) is 0 Å². The fourth-order valence-electron chi connectivity index (χ4n) is 6.16. The van der Waals surface area contributed by atoms with E-state index in [-0.39, 0.29) is 0 Å². The second kappa shape index (κ2) is 7.71. The van der Waals surface area contributed by atoms with Crippen LogP contribution in [0.25, 0.3) is 22.3 Å². The lowest BCUT2D eigenvalue weighted by molar-refractivity contribution is 0.414. The number of ether oxygens (including phenoxy) is 1. The van der Waals surface area contributed by atoms with Crippen LogP contribution >= 0.6 is 0 Å². The van der Waals surface area contributed by atoms with Gasteiger partial charge in [-0.15, -0.1) is 0 Å². The summed E-state index contributed by atoms with van der Waals surface area (Å²) >= 11 is 0. The first kappa shape index (κ1) is 19.4. The van der Waals surface area contributed by atoms with Crippen LogP contribution in [0.1, 0.15) is 47.1 Å². The molecule has 0 spiro atoms. The third-order valence-electron chi connectivity index (χ3n) is 7.62. The van der Waals surface area contributed by atoms with Crippen LogP contribution in [0.3, 0.4) is 0 Å². The first-order chi connectivity index (χ1) is 15.8. The highest BCUT2D eigenvalue weighted by Gasteiger charge is 2.33. The van der Waals surface area contributed by atoms with E-state index >= 15 is 0 Å². The molecule has 0 radical (unpaired) electrons. The predicted molar refractivity (Wildman–Crippen MR) is 129 cm³/mol. The van der Waals surface area contributed by atoms with E-state index < -0.39 is 0 Å². The van der Waals surface area contributed by atoms with Gasteiger partial charge in [-0.05, 0) is 102 Å². The second-order valence-electron chi connectivity index (χ2n) is 9.27. The van der Waals surface area contributed by atoms with Gasteiger partial charge in [-0.25, -0.2) is 0 Å². The Morgan fingerprint density at radius 2 is 1.53 bits per heavy atom. The molecule has 3 aromatic rings. The van der Waals surface area contributed by atoms with Gasteiger partial charge < -0.3 is 9.64 Å². The van der Waals surface area contributed by atoms with Gasteiger partial charge in [0.1, 0.15) is 11.8 Å². The molecule has 2 aliphatic carbocycles. The third-order valence-corrected chi connectivity index (χ3v) is 7.62. The highest BCUT2D eigenvalue weighted by atomic mass is 16.5. The molecule has 1 saturated heterocycles. The van der Waals surface area contributed by atoms with Crippen LogP contribution in [0.5, 0.6) is 5.75 Å². The summed E-state index contributed by atoms with van der Waals surface area (Å²) < 4.78 is 5.54. The van der Waals surface area contributed by atoms with Gasteiger partial charge in [0.15, 0.2) is 0 Å². The first-order valence-electron chi connectivity index (χ1n) is 11.9. The maximum atomic E-state index is 10.4. The summed E-state index contributed by atoms with van der Waals surface area (Å²) in [5.41, 5.74) is 12.9. The number of fused-ring (bicyclic) bond motifs is 7. The molecular formula is C29H28N2O. The Morgan fingerprint density at radius 1 is 0.812 bits per heavy atom. The number of rotatable bonds is 2. The number of benzene rings is 3. The molecule has 1 heterocycles. The molecule has 0 unspecified atom stereocenters. The highest BCUT2D eigenvalue weighted by Crippen LogP contribution is 2.51. The minimum Gasteiger partial charge on any atom is -0.497 e. The van der Waals surface area contributed by atoms with Gasteiger partial charge in [-0.1, -0.05) is 30.3 Å². The SMILES string of the molecule is COc1ccc2c(c1)CCc1c-2c2c(c(C#N)c1N1CCCCC1)CCc1ccccc1-2. The van der Waals surface area contributed by atoms with Crippen molar-refractivity contribution in [3.05, 3.63) is 70.3 Å². The molecule has 6 rings (SSSR count). The third kappa shape index (κ3) is 2.86. The molecule has 0 amide bonds. The largest absolute Gasteiger partial charge is 0.497 e. The van der Waals surface area contributed by atoms with Gasteiger partial charge in [-0.2, -0.15) is 5.26 Å². The van der Waals surface area contributed by atoms with Crippen LogP contribution in [0.15, 0.2) is 42.5 Å². The molecule has 32 heavy (non-hydrogen) atoms. The molecule has 3 nitrogen and oxygen atoms in total. The van der Waals surface area contributed by atoms with Gasteiger partial charge in [-0.3, -0.25) is 0 Å². The van der Waals surface area contributed by atoms with Crippen molar-refractivity contribution in [2.75, 3.05) is 25.1 Å². The minimum absolute atomic E-state index is 0.923. The van der Waals surface area contributed by atoms with Crippen LogP contribution < -0.4 is 9.64 Å². The summed E-state index contributed by atoms with van der Waals surface area (Å²) in [7, 11) is 1.74. The van der Waals surface area contributed by atoms with Gasteiger partial charge >= 0.3 is 0 Å². The Labute approximate surface area is 190 Å². The number of hydrogen-bond donors (Lipinski definition) is 0. The molecule has 0 bridgehead atoms. The van der Waals surface area contributed by atoms with E-state index in [1.807, 2.05) is 0 Å². The molecule has 0 atom stereocenters. The smallest absolute Gasteiger partial charge is 0.119 e. The Kier molecular flexibility index (Phi) is 4.68. The molecule has 0 aromatic heterocycles. The predicted octanol–water partition coefficient (Wildman–Crippen LogP) is 6.09. The average molecular weight is 421 g/mol. The zero-order chi connectivity index (χ0) is 21.7. The number of nitriles is 1. The number of methoxy groups -OCH3 is 1. The van der Waals surface area contributed by atoms with E-state index in [2.05, 4.69) is 53.4 Å². The molecule has 3 aliphatic rings. The Bertz CT molecular complexity index is 1260. The van der Waals surface area contributed by atoms with Crippen LogP contribution in [0.2, 0.25) is 0 Å². The highest BCUT2D eigenvalue weighted by molar-refractivity contribution is 5.97. The molecule has 160 valence electrons. The van der Waals surface area contributed by atoms with Gasteiger partial charge in [0, 0.05) is 13.1 Å². The van der Waals surface area contributed by atoms with Crippen molar-refractivity contribution in [1.82, 2.24) is 0 Å². The number of nitrogens with zero attached hydrogens (tertiary/aromatic N) is 2. The quantitative estimate of drug-likeness (QED) is 0.503. The van der Waals surface area contributed by atoms with E-state index in [0.29, 0.717) is 0 Å². The van der Waals surface area contributed by atoms with E-state index in [1.54, 1.807) is 7.11 Å². The van der Waals surface area contributed by atoms with Crippen molar-refractivity contribution in [2.24, 2.45) is 0 Å². The monoisotopic (exact) mass is 420 g/mol. The van der Waals surface area contributed by atoms with Gasteiger partial charge in [0.2, 0.25) is 0 Å². The summed E-state index contributed by atoms with van der Waals surface area (Å²) in [4.78, 5) is 2.52. The molecule has 3 heteroatoms. The molecule has 1 fully saturated rings. The van der Waals surface area contributed by atoms with E-state index in [4.69, 9.17) is 4.74 Å². The molecule has 0 saturated carbocycles. The fourth-order valence-corrected chi connectivity index (χ4v) is 6.16. The molecule has 0 N–H and O–H groups in total. The number of hydrogen-bond acceptors (Lipinski definition) is 3. The summed E-state index contributed by atoms with van der Waals surface area (Å²) in [6.45, 7) is 2.12. The Morgan fingerprint density at radius 3 is 2.34 bits per heavy atom. The van der Waals surface area contributed by atoms with Crippen molar-refractivity contribution >= 4 is 5.69 Å². The number of piperidine rings is 1. The minimum atomic E-state index is 0.923. The van der Waals surface area contributed by atoms with Crippen molar-refractivity contribution in [1.29, 1.82) is 5.26 Å². The second-order valence-corrected chi connectivity index (χ2v) is 9.27. The summed E-state index contributed by atoms with van der Waals surface area (Å²) in [5.74, 6) is 0.923. The topological polar surface area (TPSA) is 36.3 Å². The first-order valence-corrected chi connectivity index (χ1v) is 11.9. The van der Waals surface area contributed by atoms with Gasteiger partial charge in [0.25, 0.3) is 0 Å². The normalized spacial score (nSPS) is 16.3. The van der Waals surface area contributed by atoms with Gasteiger partial charge in [0.05, 0.1) is 18.4 Å². The molecular weight excluding hydrogens is 392 g/mol.